The molecule has 2 aromatic carbocycles. The zero-order valence-electron chi connectivity index (χ0n) is 15.7. The molecule has 2 aromatic rings. The average Bonchev–Trinajstić information content (AvgIpc) is 2.63. The SMILES string of the molecule is COc1ccc(C(=O)N2CC(=O)N(c3ccc(C)cc3)C[C@H]2C)cc1C. The maximum Gasteiger partial charge on any atom is 0.254 e. The molecule has 26 heavy (non-hydrogen) atoms. The number of benzene rings is 2. The highest BCUT2D eigenvalue weighted by atomic mass is 16.5. The second-order valence-corrected chi connectivity index (χ2v) is 6.81. The summed E-state index contributed by atoms with van der Waals surface area (Å²) in [5, 5.41) is 0. The lowest BCUT2D eigenvalue weighted by Crippen LogP contribution is -2.57. The third kappa shape index (κ3) is 3.43. The van der Waals surface area contributed by atoms with E-state index < -0.39 is 0 Å². The molecule has 0 N–H and O–H groups in total. The Morgan fingerprint density at radius 2 is 1.81 bits per heavy atom. The Balaban J connectivity index is 1.78. The van der Waals surface area contributed by atoms with Crippen molar-refractivity contribution in [2.75, 3.05) is 25.1 Å². The van der Waals surface area contributed by atoms with Crippen LogP contribution >= 0.6 is 0 Å². The van der Waals surface area contributed by atoms with E-state index >= 15 is 0 Å². The van der Waals surface area contributed by atoms with E-state index in [0.29, 0.717) is 12.1 Å². The molecule has 0 saturated carbocycles. The highest BCUT2D eigenvalue weighted by Crippen LogP contribution is 2.24. The zero-order chi connectivity index (χ0) is 18.8. The first-order valence-corrected chi connectivity index (χ1v) is 8.73. The van der Waals surface area contributed by atoms with Gasteiger partial charge in [-0.25, -0.2) is 0 Å². The number of carbonyl (C=O) groups excluding carboxylic acids is 2. The maximum atomic E-state index is 12.9. The fourth-order valence-electron chi connectivity index (χ4n) is 3.27. The summed E-state index contributed by atoms with van der Waals surface area (Å²) in [7, 11) is 1.61. The standard InChI is InChI=1S/C21H24N2O3/c1-14-5-8-18(9-6-14)23-12-16(3)22(13-20(23)24)21(25)17-7-10-19(26-4)15(2)11-17/h5-11,16H,12-13H2,1-4H3/t16-/m1/s1. The summed E-state index contributed by atoms with van der Waals surface area (Å²) in [6.07, 6.45) is 0. The molecule has 2 amide bonds. The van der Waals surface area contributed by atoms with Crippen molar-refractivity contribution in [1.29, 1.82) is 0 Å². The number of carbonyl (C=O) groups is 2. The molecule has 1 aliphatic rings. The largest absolute Gasteiger partial charge is 0.496 e. The summed E-state index contributed by atoms with van der Waals surface area (Å²) in [5.74, 6) is 0.556. The highest BCUT2D eigenvalue weighted by molar-refractivity contribution is 6.02. The fraction of sp³-hybridized carbons (Fsp3) is 0.333. The molecular weight excluding hydrogens is 328 g/mol. The van der Waals surface area contributed by atoms with E-state index in [-0.39, 0.29) is 24.4 Å². The summed E-state index contributed by atoms with van der Waals surface area (Å²) in [4.78, 5) is 29.0. The van der Waals surface area contributed by atoms with Crippen LogP contribution in [0.1, 0.15) is 28.4 Å². The summed E-state index contributed by atoms with van der Waals surface area (Å²) >= 11 is 0. The number of piperazine rings is 1. The van der Waals surface area contributed by atoms with Gasteiger partial charge in [0.05, 0.1) is 7.11 Å². The van der Waals surface area contributed by atoms with Crippen molar-refractivity contribution in [3.63, 3.8) is 0 Å². The van der Waals surface area contributed by atoms with Crippen LogP contribution < -0.4 is 9.64 Å². The van der Waals surface area contributed by atoms with Gasteiger partial charge in [0.2, 0.25) is 5.91 Å². The molecule has 1 saturated heterocycles. The second-order valence-electron chi connectivity index (χ2n) is 6.81. The van der Waals surface area contributed by atoms with E-state index in [9.17, 15) is 9.59 Å². The number of hydrogen-bond acceptors (Lipinski definition) is 3. The van der Waals surface area contributed by atoms with Crippen LogP contribution in [0, 0.1) is 13.8 Å². The molecule has 5 nitrogen and oxygen atoms in total. The van der Waals surface area contributed by atoms with Crippen LogP contribution in [-0.2, 0) is 4.79 Å². The Morgan fingerprint density at radius 1 is 1.12 bits per heavy atom. The molecule has 0 unspecified atom stereocenters. The Kier molecular flexibility index (Phi) is 4.98. The third-order valence-corrected chi connectivity index (χ3v) is 4.83. The van der Waals surface area contributed by atoms with E-state index in [1.54, 1.807) is 29.0 Å². The van der Waals surface area contributed by atoms with Crippen LogP contribution in [0.25, 0.3) is 0 Å². The predicted octanol–water partition coefficient (Wildman–Crippen LogP) is 3.19. The zero-order valence-corrected chi connectivity index (χ0v) is 15.7. The van der Waals surface area contributed by atoms with Gasteiger partial charge in [-0.05, 0) is 56.7 Å². The van der Waals surface area contributed by atoms with Gasteiger partial charge < -0.3 is 14.5 Å². The van der Waals surface area contributed by atoms with Gasteiger partial charge in [0.1, 0.15) is 12.3 Å². The van der Waals surface area contributed by atoms with Gasteiger partial charge in [-0.15, -0.1) is 0 Å². The first kappa shape index (κ1) is 18.0. The van der Waals surface area contributed by atoms with Crippen molar-refractivity contribution in [3.05, 3.63) is 59.2 Å². The van der Waals surface area contributed by atoms with E-state index in [2.05, 4.69) is 0 Å². The topological polar surface area (TPSA) is 49.9 Å². The highest BCUT2D eigenvalue weighted by Gasteiger charge is 2.33. The van der Waals surface area contributed by atoms with E-state index in [1.807, 2.05) is 51.1 Å². The van der Waals surface area contributed by atoms with Crippen LogP contribution in [-0.4, -0.2) is 43.0 Å². The molecule has 1 atom stereocenters. The quantitative estimate of drug-likeness (QED) is 0.852. The lowest BCUT2D eigenvalue weighted by Gasteiger charge is -2.39. The average molecular weight is 352 g/mol. The Bertz CT molecular complexity index is 830. The van der Waals surface area contributed by atoms with Crippen molar-refractivity contribution in [3.8, 4) is 5.75 Å². The van der Waals surface area contributed by atoms with E-state index in [0.717, 1.165) is 22.6 Å². The first-order valence-electron chi connectivity index (χ1n) is 8.73. The van der Waals surface area contributed by atoms with Crippen molar-refractivity contribution >= 4 is 17.5 Å². The number of aryl methyl sites for hydroxylation is 2. The molecule has 0 spiro atoms. The van der Waals surface area contributed by atoms with Gasteiger partial charge in [-0.2, -0.15) is 0 Å². The van der Waals surface area contributed by atoms with Crippen molar-refractivity contribution < 1.29 is 14.3 Å². The van der Waals surface area contributed by atoms with Crippen LogP contribution in [0.5, 0.6) is 5.75 Å². The molecule has 0 radical (unpaired) electrons. The molecule has 1 heterocycles. The molecule has 5 heteroatoms. The normalized spacial score (nSPS) is 17.4. The van der Waals surface area contributed by atoms with Gasteiger partial charge in [-0.3, -0.25) is 9.59 Å². The lowest BCUT2D eigenvalue weighted by atomic mass is 10.1. The smallest absolute Gasteiger partial charge is 0.254 e. The van der Waals surface area contributed by atoms with Crippen molar-refractivity contribution in [2.45, 2.75) is 26.8 Å². The molecule has 136 valence electrons. The lowest BCUT2D eigenvalue weighted by molar-refractivity contribution is -0.121. The predicted molar refractivity (Wildman–Crippen MR) is 102 cm³/mol. The number of ether oxygens (including phenoxy) is 1. The Hall–Kier alpha value is -2.82. The maximum absolute atomic E-state index is 12.9. The van der Waals surface area contributed by atoms with Crippen LogP contribution in [0.15, 0.2) is 42.5 Å². The summed E-state index contributed by atoms with van der Waals surface area (Å²) in [6.45, 7) is 6.46. The minimum absolute atomic E-state index is 0.0643. The minimum atomic E-state index is -0.125. The molecule has 0 aliphatic carbocycles. The molecule has 1 aliphatic heterocycles. The van der Waals surface area contributed by atoms with Crippen LogP contribution in [0.2, 0.25) is 0 Å². The monoisotopic (exact) mass is 352 g/mol. The van der Waals surface area contributed by atoms with Crippen molar-refractivity contribution in [1.82, 2.24) is 4.90 Å². The number of rotatable bonds is 3. The number of methoxy groups -OCH3 is 1. The number of anilines is 1. The Morgan fingerprint density at radius 3 is 2.42 bits per heavy atom. The van der Waals surface area contributed by atoms with Gasteiger partial charge in [-0.1, -0.05) is 17.7 Å². The summed E-state index contributed by atoms with van der Waals surface area (Å²) < 4.78 is 5.25. The Labute approximate surface area is 154 Å². The second kappa shape index (κ2) is 7.20. The molecular formula is C21H24N2O3. The van der Waals surface area contributed by atoms with Gasteiger partial charge >= 0.3 is 0 Å². The first-order chi connectivity index (χ1) is 12.4. The summed E-state index contributed by atoms with van der Waals surface area (Å²) in [6, 6.07) is 13.2. The van der Waals surface area contributed by atoms with Gasteiger partial charge in [0, 0.05) is 23.8 Å². The number of amides is 2. The minimum Gasteiger partial charge on any atom is -0.496 e. The summed E-state index contributed by atoms with van der Waals surface area (Å²) in [5.41, 5.74) is 3.50. The number of hydrogen-bond donors (Lipinski definition) is 0. The van der Waals surface area contributed by atoms with E-state index in [1.165, 1.54) is 0 Å². The molecule has 0 bridgehead atoms. The van der Waals surface area contributed by atoms with Gasteiger partial charge in [0.25, 0.3) is 5.91 Å². The fourth-order valence-corrected chi connectivity index (χ4v) is 3.27. The van der Waals surface area contributed by atoms with Crippen LogP contribution in [0.3, 0.4) is 0 Å². The number of nitrogens with zero attached hydrogens (tertiary/aromatic N) is 2. The molecule has 3 rings (SSSR count). The molecule has 1 fully saturated rings. The third-order valence-electron chi connectivity index (χ3n) is 4.83. The van der Waals surface area contributed by atoms with Crippen LogP contribution in [0.4, 0.5) is 5.69 Å². The molecule has 0 aromatic heterocycles. The van der Waals surface area contributed by atoms with Crippen molar-refractivity contribution in [2.24, 2.45) is 0 Å². The van der Waals surface area contributed by atoms with Gasteiger partial charge in [0.15, 0.2) is 0 Å². The van der Waals surface area contributed by atoms with E-state index in [4.69, 9.17) is 4.74 Å².